The van der Waals surface area contributed by atoms with Crippen molar-refractivity contribution in [1.29, 1.82) is 0 Å². The second kappa shape index (κ2) is 3.97. The molecular formula is C14H18FN3. The van der Waals surface area contributed by atoms with Crippen molar-refractivity contribution in [3.8, 4) is 0 Å². The van der Waals surface area contributed by atoms with Crippen molar-refractivity contribution in [2.24, 2.45) is 5.41 Å². The first kappa shape index (κ1) is 11.5. The number of hydrogen-bond acceptors (Lipinski definition) is 2. The van der Waals surface area contributed by atoms with Crippen LogP contribution in [0.5, 0.6) is 0 Å². The van der Waals surface area contributed by atoms with Gasteiger partial charge in [-0.15, -0.1) is 0 Å². The van der Waals surface area contributed by atoms with Crippen LogP contribution in [0.2, 0.25) is 0 Å². The quantitative estimate of drug-likeness (QED) is 0.900. The molecule has 4 heteroatoms. The molecule has 3 rings (SSSR count). The highest BCUT2D eigenvalue weighted by Crippen LogP contribution is 2.51. The molecule has 96 valence electrons. The number of halogens is 1. The van der Waals surface area contributed by atoms with Gasteiger partial charge in [-0.3, -0.25) is 0 Å². The van der Waals surface area contributed by atoms with Gasteiger partial charge in [0.25, 0.3) is 0 Å². The van der Waals surface area contributed by atoms with Crippen molar-refractivity contribution in [2.75, 3.05) is 5.73 Å². The fourth-order valence-corrected chi connectivity index (χ4v) is 2.81. The Morgan fingerprint density at radius 1 is 1.44 bits per heavy atom. The lowest BCUT2D eigenvalue weighted by Gasteiger charge is -2.16. The Morgan fingerprint density at radius 3 is 2.89 bits per heavy atom. The highest BCUT2D eigenvalue weighted by molar-refractivity contribution is 5.78. The number of fused-ring (bicyclic) bond motifs is 1. The SMILES string of the molecule is CCCC1(Cn2c(N)nc3ccc(F)cc32)CC1. The molecule has 0 saturated heterocycles. The molecule has 1 aliphatic carbocycles. The summed E-state index contributed by atoms with van der Waals surface area (Å²) in [6, 6.07) is 4.65. The number of benzene rings is 1. The lowest BCUT2D eigenvalue weighted by molar-refractivity contribution is 0.396. The van der Waals surface area contributed by atoms with Gasteiger partial charge in [-0.1, -0.05) is 13.3 Å². The first-order chi connectivity index (χ1) is 8.63. The van der Waals surface area contributed by atoms with Crippen LogP contribution in [-0.4, -0.2) is 9.55 Å². The van der Waals surface area contributed by atoms with Crippen LogP contribution in [-0.2, 0) is 6.54 Å². The van der Waals surface area contributed by atoms with E-state index in [-0.39, 0.29) is 5.82 Å². The van der Waals surface area contributed by atoms with Crippen LogP contribution in [0.25, 0.3) is 11.0 Å². The maximum Gasteiger partial charge on any atom is 0.201 e. The Morgan fingerprint density at radius 2 is 2.22 bits per heavy atom. The molecule has 3 nitrogen and oxygen atoms in total. The molecule has 0 amide bonds. The summed E-state index contributed by atoms with van der Waals surface area (Å²) in [7, 11) is 0. The van der Waals surface area contributed by atoms with E-state index in [1.54, 1.807) is 6.07 Å². The summed E-state index contributed by atoms with van der Waals surface area (Å²) in [4.78, 5) is 4.30. The van der Waals surface area contributed by atoms with E-state index >= 15 is 0 Å². The van der Waals surface area contributed by atoms with Crippen molar-refractivity contribution in [2.45, 2.75) is 39.2 Å². The van der Waals surface area contributed by atoms with Gasteiger partial charge in [0.05, 0.1) is 11.0 Å². The standard InChI is InChI=1S/C14H18FN3/c1-2-5-14(6-7-14)9-18-12-8-10(15)3-4-11(12)17-13(18)16/h3-4,8H,2,5-7,9H2,1H3,(H2,16,17). The van der Waals surface area contributed by atoms with Crippen LogP contribution in [0.3, 0.4) is 0 Å². The molecule has 0 bridgehead atoms. The maximum absolute atomic E-state index is 13.3. The van der Waals surface area contributed by atoms with Crippen LogP contribution >= 0.6 is 0 Å². The molecule has 1 saturated carbocycles. The van der Waals surface area contributed by atoms with E-state index in [9.17, 15) is 4.39 Å². The van der Waals surface area contributed by atoms with E-state index in [1.807, 2.05) is 4.57 Å². The first-order valence-corrected chi connectivity index (χ1v) is 6.55. The van der Waals surface area contributed by atoms with Crippen LogP contribution in [0.1, 0.15) is 32.6 Å². The van der Waals surface area contributed by atoms with Gasteiger partial charge in [-0.25, -0.2) is 9.37 Å². The van der Waals surface area contributed by atoms with Gasteiger partial charge in [0, 0.05) is 6.54 Å². The largest absolute Gasteiger partial charge is 0.369 e. The highest BCUT2D eigenvalue weighted by atomic mass is 19.1. The summed E-state index contributed by atoms with van der Waals surface area (Å²) in [6.07, 6.45) is 4.88. The van der Waals surface area contributed by atoms with Gasteiger partial charge in [-0.05, 0) is 42.9 Å². The number of nitrogens with two attached hydrogens (primary N) is 1. The molecule has 1 aromatic carbocycles. The second-order valence-electron chi connectivity index (χ2n) is 5.44. The highest BCUT2D eigenvalue weighted by Gasteiger charge is 2.42. The number of nitrogens with zero attached hydrogens (tertiary/aromatic N) is 2. The molecule has 1 aromatic heterocycles. The molecule has 0 radical (unpaired) electrons. The molecule has 1 aliphatic rings. The van der Waals surface area contributed by atoms with E-state index < -0.39 is 0 Å². The van der Waals surface area contributed by atoms with Crippen molar-refractivity contribution < 1.29 is 4.39 Å². The average Bonchev–Trinajstić information content (AvgIpc) is 3.02. The average molecular weight is 247 g/mol. The molecule has 2 aromatic rings. The van der Waals surface area contributed by atoms with E-state index in [0.717, 1.165) is 17.6 Å². The van der Waals surface area contributed by atoms with Crippen LogP contribution < -0.4 is 5.73 Å². The van der Waals surface area contributed by atoms with Crippen LogP contribution in [0.15, 0.2) is 18.2 Å². The van der Waals surface area contributed by atoms with Crippen molar-refractivity contribution in [3.05, 3.63) is 24.0 Å². The van der Waals surface area contributed by atoms with Crippen molar-refractivity contribution in [1.82, 2.24) is 9.55 Å². The fourth-order valence-electron chi connectivity index (χ4n) is 2.81. The van der Waals surface area contributed by atoms with Gasteiger partial charge in [0.1, 0.15) is 5.82 Å². The lowest BCUT2D eigenvalue weighted by atomic mass is 10.0. The molecule has 2 N–H and O–H groups in total. The van der Waals surface area contributed by atoms with E-state index in [1.165, 1.54) is 37.8 Å². The van der Waals surface area contributed by atoms with Crippen LogP contribution in [0, 0.1) is 11.2 Å². The monoisotopic (exact) mass is 247 g/mol. The first-order valence-electron chi connectivity index (χ1n) is 6.55. The number of hydrogen-bond donors (Lipinski definition) is 1. The molecular weight excluding hydrogens is 229 g/mol. The van der Waals surface area contributed by atoms with E-state index in [4.69, 9.17) is 5.73 Å². The minimum atomic E-state index is -0.232. The number of imidazole rings is 1. The van der Waals surface area contributed by atoms with Gasteiger partial charge in [-0.2, -0.15) is 0 Å². The summed E-state index contributed by atoms with van der Waals surface area (Å²) in [5.41, 5.74) is 7.94. The lowest BCUT2D eigenvalue weighted by Crippen LogP contribution is -2.13. The zero-order chi connectivity index (χ0) is 12.8. The maximum atomic E-state index is 13.3. The summed E-state index contributed by atoms with van der Waals surface area (Å²) >= 11 is 0. The Labute approximate surface area is 106 Å². The Kier molecular flexibility index (Phi) is 2.54. The van der Waals surface area contributed by atoms with Gasteiger partial charge < -0.3 is 10.3 Å². The summed E-state index contributed by atoms with van der Waals surface area (Å²) < 4.78 is 15.3. The molecule has 0 atom stereocenters. The van der Waals surface area contributed by atoms with E-state index in [0.29, 0.717) is 11.4 Å². The van der Waals surface area contributed by atoms with Gasteiger partial charge in [0.2, 0.25) is 5.95 Å². The summed E-state index contributed by atoms with van der Waals surface area (Å²) in [6.45, 7) is 3.07. The van der Waals surface area contributed by atoms with E-state index in [2.05, 4.69) is 11.9 Å². The molecule has 0 unspecified atom stereocenters. The summed E-state index contributed by atoms with van der Waals surface area (Å²) in [5, 5.41) is 0. The molecule has 1 fully saturated rings. The van der Waals surface area contributed by atoms with Crippen LogP contribution in [0.4, 0.5) is 10.3 Å². The normalized spacial score (nSPS) is 17.2. The molecule has 1 heterocycles. The predicted molar refractivity (Wildman–Crippen MR) is 70.7 cm³/mol. The fraction of sp³-hybridized carbons (Fsp3) is 0.500. The zero-order valence-electron chi connectivity index (χ0n) is 10.6. The zero-order valence-corrected chi connectivity index (χ0v) is 10.6. The number of nitrogen functional groups attached to an aromatic ring is 1. The van der Waals surface area contributed by atoms with Gasteiger partial charge in [0.15, 0.2) is 0 Å². The Balaban J connectivity index is 2.00. The molecule has 0 spiro atoms. The number of rotatable bonds is 4. The molecule has 0 aliphatic heterocycles. The topological polar surface area (TPSA) is 43.8 Å². The Bertz CT molecular complexity index is 584. The molecule has 18 heavy (non-hydrogen) atoms. The summed E-state index contributed by atoms with van der Waals surface area (Å²) in [5.74, 6) is 0.266. The Hall–Kier alpha value is -1.58. The van der Waals surface area contributed by atoms with Crippen molar-refractivity contribution in [3.63, 3.8) is 0 Å². The third-order valence-electron chi connectivity index (χ3n) is 3.97. The number of anilines is 1. The van der Waals surface area contributed by atoms with Gasteiger partial charge >= 0.3 is 0 Å². The third-order valence-corrected chi connectivity index (χ3v) is 3.97. The number of aromatic nitrogens is 2. The smallest absolute Gasteiger partial charge is 0.201 e. The minimum absolute atomic E-state index is 0.232. The van der Waals surface area contributed by atoms with Crippen molar-refractivity contribution >= 4 is 17.0 Å². The minimum Gasteiger partial charge on any atom is -0.369 e. The third kappa shape index (κ3) is 1.85. The second-order valence-corrected chi connectivity index (χ2v) is 5.44. The predicted octanol–water partition coefficient (Wildman–Crippen LogP) is 3.34.